The molecule has 0 N–H and O–H groups in total. The Morgan fingerprint density at radius 3 is 2.00 bits per heavy atom. The molecule has 0 radical (unpaired) electrons. The first kappa shape index (κ1) is 13.6. The first-order valence-corrected chi connectivity index (χ1v) is 9.32. The van der Waals surface area contributed by atoms with Crippen molar-refractivity contribution in [3.05, 3.63) is 0 Å². The normalized spacial score (nSPS) is 17.4. The van der Waals surface area contributed by atoms with Gasteiger partial charge in [0.1, 0.15) is 0 Å². The van der Waals surface area contributed by atoms with E-state index in [0.717, 1.165) is 12.1 Å². The molecule has 0 aliphatic carbocycles. The summed E-state index contributed by atoms with van der Waals surface area (Å²) in [6, 6.07) is 1.44. The van der Waals surface area contributed by atoms with Crippen LogP contribution in [-0.4, -0.2) is 37.7 Å². The zero-order valence-corrected chi connectivity index (χ0v) is 12.3. The van der Waals surface area contributed by atoms with Crippen molar-refractivity contribution >= 4 is 14.1 Å². The quantitative estimate of drug-likeness (QED) is 0.622. The number of rotatable bonds is 6. The molecule has 88 valence electrons. The van der Waals surface area contributed by atoms with E-state index in [9.17, 15) is 0 Å². The molecular formula is C13H28AlN. The topological polar surface area (TPSA) is 3.24 Å². The smallest absolute Gasteiger partial charge is 0.261 e. The molecule has 0 unspecified atom stereocenters. The molecule has 0 aromatic rings. The molecule has 1 rings (SSSR count). The molecule has 1 heterocycles. The summed E-state index contributed by atoms with van der Waals surface area (Å²) in [6.45, 7) is 10.6. The van der Waals surface area contributed by atoms with Crippen molar-refractivity contribution in [3.63, 3.8) is 0 Å². The summed E-state index contributed by atoms with van der Waals surface area (Å²) in [5, 5.41) is 4.89. The lowest BCUT2D eigenvalue weighted by molar-refractivity contribution is 0.175. The fourth-order valence-corrected chi connectivity index (χ4v) is 6.33. The highest BCUT2D eigenvalue weighted by Gasteiger charge is 2.22. The molecule has 1 saturated heterocycles. The Kier molecular flexibility index (Phi) is 6.28. The van der Waals surface area contributed by atoms with Crippen LogP contribution in [0, 0.1) is 0 Å². The molecule has 0 saturated carbocycles. The predicted molar refractivity (Wildman–Crippen MR) is 71.0 cm³/mol. The van der Waals surface area contributed by atoms with Gasteiger partial charge in [0.2, 0.25) is 0 Å². The average molecular weight is 225 g/mol. The van der Waals surface area contributed by atoms with E-state index in [2.05, 4.69) is 32.6 Å². The van der Waals surface area contributed by atoms with E-state index >= 15 is 0 Å². The van der Waals surface area contributed by atoms with Gasteiger partial charge in [-0.2, -0.15) is 0 Å². The second kappa shape index (κ2) is 6.94. The monoisotopic (exact) mass is 225 g/mol. The summed E-state index contributed by atoms with van der Waals surface area (Å²) < 4.78 is 0. The molecule has 15 heavy (non-hydrogen) atoms. The van der Waals surface area contributed by atoms with E-state index in [1.54, 1.807) is 28.7 Å². The van der Waals surface area contributed by atoms with Crippen LogP contribution in [0.25, 0.3) is 0 Å². The Balaban J connectivity index is 2.15. The van der Waals surface area contributed by atoms with E-state index in [-0.39, 0.29) is 14.1 Å². The van der Waals surface area contributed by atoms with Gasteiger partial charge in [0.05, 0.1) is 0 Å². The molecule has 1 nitrogen and oxygen atoms in total. The number of hydrogen-bond donors (Lipinski definition) is 0. The minimum absolute atomic E-state index is 0.229. The SMILES string of the molecule is CC(C)N(CC[CH2][Al]1[CH2]CC[CH2]1)C(C)C. The Hall–Kier alpha value is 0.492. The van der Waals surface area contributed by atoms with Crippen molar-refractivity contribution in [2.75, 3.05) is 6.54 Å². The van der Waals surface area contributed by atoms with Crippen LogP contribution < -0.4 is 0 Å². The summed E-state index contributed by atoms with van der Waals surface area (Å²) in [4.78, 5) is 2.64. The zero-order chi connectivity index (χ0) is 11.3. The van der Waals surface area contributed by atoms with Gasteiger partial charge in [0.15, 0.2) is 0 Å². The van der Waals surface area contributed by atoms with Gasteiger partial charge in [-0.15, -0.1) is 0 Å². The Morgan fingerprint density at radius 2 is 1.53 bits per heavy atom. The minimum Gasteiger partial charge on any atom is -0.299 e. The van der Waals surface area contributed by atoms with Crippen molar-refractivity contribution < 1.29 is 0 Å². The Bertz CT molecular complexity index is 154. The van der Waals surface area contributed by atoms with Crippen molar-refractivity contribution in [1.82, 2.24) is 4.90 Å². The van der Waals surface area contributed by atoms with E-state index in [1.807, 2.05) is 0 Å². The molecule has 1 aliphatic heterocycles. The van der Waals surface area contributed by atoms with Gasteiger partial charge in [-0.05, 0) is 34.2 Å². The Morgan fingerprint density at radius 1 is 1.00 bits per heavy atom. The average Bonchev–Trinajstić information content (AvgIpc) is 2.63. The summed E-state index contributed by atoms with van der Waals surface area (Å²) in [7, 11) is 0. The molecule has 1 fully saturated rings. The highest BCUT2D eigenvalue weighted by molar-refractivity contribution is 6.59. The van der Waals surface area contributed by atoms with E-state index < -0.39 is 0 Å². The predicted octanol–water partition coefficient (Wildman–Crippen LogP) is 3.78. The van der Waals surface area contributed by atoms with Gasteiger partial charge in [-0.25, -0.2) is 0 Å². The highest BCUT2D eigenvalue weighted by Crippen LogP contribution is 2.23. The first-order valence-electron chi connectivity index (χ1n) is 6.87. The van der Waals surface area contributed by atoms with Crippen LogP contribution in [-0.2, 0) is 0 Å². The van der Waals surface area contributed by atoms with Gasteiger partial charge in [0, 0.05) is 12.1 Å². The van der Waals surface area contributed by atoms with Crippen LogP contribution in [0.2, 0.25) is 15.8 Å². The minimum atomic E-state index is -0.229. The molecule has 0 aromatic carbocycles. The van der Waals surface area contributed by atoms with Gasteiger partial charge >= 0.3 is 0 Å². The van der Waals surface area contributed by atoms with E-state index in [1.165, 1.54) is 13.0 Å². The van der Waals surface area contributed by atoms with Crippen molar-refractivity contribution in [2.45, 2.75) is 74.9 Å². The molecule has 0 atom stereocenters. The number of hydrogen-bond acceptors (Lipinski definition) is 1. The zero-order valence-electron chi connectivity index (χ0n) is 11.1. The Labute approximate surface area is 101 Å². The second-order valence-electron chi connectivity index (χ2n) is 5.72. The van der Waals surface area contributed by atoms with Gasteiger partial charge in [0.25, 0.3) is 14.1 Å². The fraction of sp³-hybridized carbons (Fsp3) is 1.00. The molecule has 0 aromatic heterocycles. The molecule has 0 amide bonds. The fourth-order valence-electron chi connectivity index (χ4n) is 2.97. The summed E-state index contributed by atoms with van der Waals surface area (Å²) >= 11 is -0.229. The maximum absolute atomic E-state index is 2.64. The van der Waals surface area contributed by atoms with Gasteiger partial charge in [-0.1, -0.05) is 35.1 Å². The lowest BCUT2D eigenvalue weighted by Gasteiger charge is -2.30. The lowest BCUT2D eigenvalue weighted by atomic mass is 10.2. The third-order valence-corrected chi connectivity index (χ3v) is 7.50. The first-order chi connectivity index (χ1) is 7.11. The van der Waals surface area contributed by atoms with Crippen molar-refractivity contribution in [2.24, 2.45) is 0 Å². The van der Waals surface area contributed by atoms with Crippen LogP contribution in [0.5, 0.6) is 0 Å². The van der Waals surface area contributed by atoms with Crippen LogP contribution >= 0.6 is 0 Å². The number of nitrogens with zero attached hydrogens (tertiary/aromatic N) is 1. The third kappa shape index (κ3) is 4.90. The third-order valence-electron chi connectivity index (χ3n) is 3.83. The van der Waals surface area contributed by atoms with Crippen LogP contribution in [0.1, 0.15) is 47.0 Å². The standard InChI is InChI=1S/C9H20N.C4H8.Al/c1-6-7-10(8(2)3)9(4)5;1-3-4-2;/h8-9H,1,6-7H2,2-5H3;1-4H2;. The van der Waals surface area contributed by atoms with E-state index in [0.29, 0.717) is 0 Å². The summed E-state index contributed by atoms with van der Waals surface area (Å²) in [5.74, 6) is 0. The van der Waals surface area contributed by atoms with Crippen molar-refractivity contribution in [3.8, 4) is 0 Å². The molecular weight excluding hydrogens is 197 g/mol. The molecule has 0 spiro atoms. The molecule has 1 aliphatic rings. The largest absolute Gasteiger partial charge is 0.299 e. The van der Waals surface area contributed by atoms with Crippen LogP contribution in [0.15, 0.2) is 0 Å². The summed E-state index contributed by atoms with van der Waals surface area (Å²) in [5.41, 5.74) is 0. The second-order valence-corrected chi connectivity index (χ2v) is 9.18. The molecule has 0 bridgehead atoms. The summed E-state index contributed by atoms with van der Waals surface area (Å²) in [6.07, 6.45) is 4.57. The van der Waals surface area contributed by atoms with Gasteiger partial charge in [-0.3, -0.25) is 4.90 Å². The van der Waals surface area contributed by atoms with E-state index in [4.69, 9.17) is 0 Å². The van der Waals surface area contributed by atoms with Crippen molar-refractivity contribution in [1.29, 1.82) is 0 Å². The molecule has 2 heteroatoms. The highest BCUT2D eigenvalue weighted by atomic mass is 27.2. The maximum atomic E-state index is 2.64. The lowest BCUT2D eigenvalue weighted by Crippen LogP contribution is -2.37. The maximum Gasteiger partial charge on any atom is 0.261 e. The van der Waals surface area contributed by atoms with Crippen LogP contribution in [0.4, 0.5) is 0 Å². The van der Waals surface area contributed by atoms with Gasteiger partial charge < -0.3 is 0 Å². The van der Waals surface area contributed by atoms with Crippen LogP contribution in [0.3, 0.4) is 0 Å².